The second-order valence-corrected chi connectivity index (χ2v) is 7.96. The Labute approximate surface area is 205 Å². The highest BCUT2D eigenvalue weighted by atomic mass is 35.5. The maximum Gasteiger partial charge on any atom is 0.258 e. The number of halogens is 2. The smallest absolute Gasteiger partial charge is 0.258 e. The zero-order valence-electron chi connectivity index (χ0n) is 18.7. The summed E-state index contributed by atoms with van der Waals surface area (Å²) in [6, 6.07) is 18.1. The number of aryl methyl sites for hydroxylation is 1. The zero-order valence-corrected chi connectivity index (χ0v) is 19.4. The van der Waals surface area contributed by atoms with E-state index >= 15 is 0 Å². The molecule has 35 heavy (non-hydrogen) atoms. The van der Waals surface area contributed by atoms with Crippen LogP contribution in [-0.2, 0) is 11.2 Å². The SMILES string of the molecule is COc1ccc(NC(=O)CCc2ncc(-c3ccccc3)o2)cc1NC(=O)c1ccc(Cl)cc1F. The zero-order chi connectivity index (χ0) is 24.8. The predicted octanol–water partition coefficient (Wildman–Crippen LogP) is 5.97. The Bertz CT molecular complexity index is 1360. The van der Waals surface area contributed by atoms with Gasteiger partial charge in [-0.05, 0) is 36.4 Å². The van der Waals surface area contributed by atoms with Gasteiger partial charge in [0.1, 0.15) is 11.6 Å². The Morgan fingerprint density at radius 2 is 1.86 bits per heavy atom. The van der Waals surface area contributed by atoms with E-state index in [4.69, 9.17) is 20.8 Å². The summed E-state index contributed by atoms with van der Waals surface area (Å²) in [5.41, 5.74) is 1.43. The van der Waals surface area contributed by atoms with Gasteiger partial charge in [0.2, 0.25) is 5.91 Å². The minimum absolute atomic E-state index is 0.137. The van der Waals surface area contributed by atoms with Gasteiger partial charge >= 0.3 is 0 Å². The first-order valence-electron chi connectivity index (χ1n) is 10.7. The van der Waals surface area contributed by atoms with Gasteiger partial charge in [-0.15, -0.1) is 0 Å². The number of nitrogens with zero attached hydrogens (tertiary/aromatic N) is 1. The number of carbonyl (C=O) groups excluding carboxylic acids is 2. The summed E-state index contributed by atoms with van der Waals surface area (Å²) >= 11 is 5.75. The fourth-order valence-corrected chi connectivity index (χ4v) is 3.51. The van der Waals surface area contributed by atoms with Crippen molar-refractivity contribution in [3.63, 3.8) is 0 Å². The molecule has 2 amide bonds. The molecule has 0 saturated heterocycles. The summed E-state index contributed by atoms with van der Waals surface area (Å²) in [7, 11) is 1.44. The van der Waals surface area contributed by atoms with Gasteiger partial charge in [0.15, 0.2) is 11.7 Å². The number of hydrogen-bond acceptors (Lipinski definition) is 5. The number of nitrogens with one attached hydrogen (secondary N) is 2. The lowest BCUT2D eigenvalue weighted by Crippen LogP contribution is -2.16. The number of methoxy groups -OCH3 is 1. The molecule has 0 aliphatic carbocycles. The summed E-state index contributed by atoms with van der Waals surface area (Å²) < 4.78 is 25.1. The molecule has 1 heterocycles. The van der Waals surface area contributed by atoms with E-state index < -0.39 is 11.7 Å². The van der Waals surface area contributed by atoms with Crippen molar-refractivity contribution in [3.05, 3.63) is 95.2 Å². The third-order valence-corrected chi connectivity index (χ3v) is 5.32. The van der Waals surface area contributed by atoms with Crippen molar-refractivity contribution >= 4 is 34.8 Å². The van der Waals surface area contributed by atoms with Gasteiger partial charge in [-0.2, -0.15) is 0 Å². The average molecular weight is 494 g/mol. The van der Waals surface area contributed by atoms with E-state index in [0.717, 1.165) is 11.6 Å². The second kappa shape index (κ2) is 10.8. The van der Waals surface area contributed by atoms with E-state index in [1.165, 1.54) is 25.3 Å². The van der Waals surface area contributed by atoms with Gasteiger partial charge in [0.25, 0.3) is 5.91 Å². The van der Waals surface area contributed by atoms with Crippen molar-refractivity contribution in [2.75, 3.05) is 17.7 Å². The molecule has 1 aromatic heterocycles. The van der Waals surface area contributed by atoms with Crippen molar-refractivity contribution in [2.24, 2.45) is 0 Å². The standard InChI is InChI=1S/C26H21ClFN3O4/c1-34-22-10-8-18(14-21(22)31-26(33)19-9-7-17(27)13-20(19)28)30-24(32)11-12-25-29-15-23(35-25)16-5-3-2-4-6-16/h2-10,13-15H,11-12H2,1H3,(H,30,32)(H,31,33). The summed E-state index contributed by atoms with van der Waals surface area (Å²) in [6.45, 7) is 0. The van der Waals surface area contributed by atoms with Crippen LogP contribution in [0.5, 0.6) is 5.75 Å². The van der Waals surface area contributed by atoms with E-state index in [2.05, 4.69) is 15.6 Å². The van der Waals surface area contributed by atoms with Crippen molar-refractivity contribution in [1.82, 2.24) is 4.98 Å². The molecule has 0 aliphatic rings. The lowest BCUT2D eigenvalue weighted by atomic mass is 10.2. The first kappa shape index (κ1) is 24.0. The molecule has 2 N–H and O–H groups in total. The Morgan fingerprint density at radius 1 is 1.06 bits per heavy atom. The van der Waals surface area contributed by atoms with Gasteiger partial charge in [0.05, 0.1) is 24.6 Å². The Balaban J connectivity index is 1.39. The normalized spacial score (nSPS) is 10.6. The third kappa shape index (κ3) is 6.04. The van der Waals surface area contributed by atoms with Gasteiger partial charge in [-0.3, -0.25) is 9.59 Å². The molecule has 0 saturated carbocycles. The Morgan fingerprint density at radius 3 is 2.60 bits per heavy atom. The molecule has 0 spiro atoms. The van der Waals surface area contributed by atoms with Crippen LogP contribution in [-0.4, -0.2) is 23.9 Å². The number of aromatic nitrogens is 1. The number of carbonyl (C=O) groups is 2. The predicted molar refractivity (Wildman–Crippen MR) is 131 cm³/mol. The molecule has 0 fully saturated rings. The number of hydrogen-bond donors (Lipinski definition) is 2. The molecule has 9 heteroatoms. The third-order valence-electron chi connectivity index (χ3n) is 5.08. The molecule has 0 unspecified atom stereocenters. The lowest BCUT2D eigenvalue weighted by molar-refractivity contribution is -0.116. The van der Waals surface area contributed by atoms with Crippen LogP contribution in [0.2, 0.25) is 5.02 Å². The molecule has 0 bridgehead atoms. The fraction of sp³-hybridized carbons (Fsp3) is 0.115. The number of ether oxygens (including phenoxy) is 1. The van der Waals surface area contributed by atoms with Crippen molar-refractivity contribution < 1.29 is 23.1 Å². The molecule has 4 rings (SSSR count). The highest BCUT2D eigenvalue weighted by Gasteiger charge is 2.16. The van der Waals surface area contributed by atoms with Crippen LogP contribution < -0.4 is 15.4 Å². The van der Waals surface area contributed by atoms with Crippen LogP contribution in [0.3, 0.4) is 0 Å². The molecule has 178 valence electrons. The van der Waals surface area contributed by atoms with Gasteiger partial charge in [-0.1, -0.05) is 41.9 Å². The fourth-order valence-electron chi connectivity index (χ4n) is 3.35. The van der Waals surface area contributed by atoms with E-state index in [1.807, 2.05) is 30.3 Å². The minimum atomic E-state index is -0.750. The topological polar surface area (TPSA) is 93.5 Å². The summed E-state index contributed by atoms with van der Waals surface area (Å²) in [4.78, 5) is 29.3. The van der Waals surface area contributed by atoms with Gasteiger partial charge in [-0.25, -0.2) is 9.37 Å². The Hall–Kier alpha value is -4.17. The molecule has 0 radical (unpaired) electrons. The van der Waals surface area contributed by atoms with Crippen LogP contribution in [0.25, 0.3) is 11.3 Å². The number of benzene rings is 3. The lowest BCUT2D eigenvalue weighted by Gasteiger charge is -2.13. The van der Waals surface area contributed by atoms with Crippen molar-refractivity contribution in [2.45, 2.75) is 12.8 Å². The summed E-state index contributed by atoms with van der Waals surface area (Å²) in [5, 5.41) is 5.55. The quantitative estimate of drug-likeness (QED) is 0.315. The van der Waals surface area contributed by atoms with Crippen molar-refractivity contribution in [1.29, 1.82) is 0 Å². The molecular weight excluding hydrogens is 473 g/mol. The molecule has 0 aliphatic heterocycles. The highest BCUT2D eigenvalue weighted by Crippen LogP contribution is 2.29. The Kier molecular flexibility index (Phi) is 7.42. The number of rotatable bonds is 8. The molecule has 7 nitrogen and oxygen atoms in total. The maximum absolute atomic E-state index is 14.1. The van der Waals surface area contributed by atoms with E-state index in [1.54, 1.807) is 18.3 Å². The largest absolute Gasteiger partial charge is 0.495 e. The summed E-state index contributed by atoms with van der Waals surface area (Å²) in [6.07, 6.45) is 2.08. The van der Waals surface area contributed by atoms with Gasteiger partial charge in [0, 0.05) is 29.1 Å². The molecule has 0 atom stereocenters. The van der Waals surface area contributed by atoms with E-state index in [-0.39, 0.29) is 28.6 Å². The van der Waals surface area contributed by atoms with Crippen LogP contribution >= 0.6 is 11.6 Å². The maximum atomic E-state index is 14.1. The second-order valence-electron chi connectivity index (χ2n) is 7.53. The average Bonchev–Trinajstić information content (AvgIpc) is 3.33. The summed E-state index contributed by atoms with van der Waals surface area (Å²) in [5.74, 6) is -0.269. The molecule has 3 aromatic carbocycles. The first-order chi connectivity index (χ1) is 16.9. The van der Waals surface area contributed by atoms with Crippen LogP contribution in [0, 0.1) is 5.82 Å². The van der Waals surface area contributed by atoms with Crippen molar-refractivity contribution in [3.8, 4) is 17.1 Å². The van der Waals surface area contributed by atoms with Gasteiger partial charge < -0.3 is 19.8 Å². The number of anilines is 2. The first-order valence-corrected chi connectivity index (χ1v) is 11.0. The van der Waals surface area contributed by atoms with E-state index in [9.17, 15) is 14.0 Å². The minimum Gasteiger partial charge on any atom is -0.495 e. The molecular formula is C26H21ClFN3O4. The monoisotopic (exact) mass is 493 g/mol. The highest BCUT2D eigenvalue weighted by molar-refractivity contribution is 6.30. The van der Waals surface area contributed by atoms with Crippen LogP contribution in [0.15, 0.2) is 77.3 Å². The molecule has 4 aromatic rings. The van der Waals surface area contributed by atoms with Crippen LogP contribution in [0.1, 0.15) is 22.7 Å². The number of oxazole rings is 1. The number of amides is 2. The van der Waals surface area contributed by atoms with Crippen LogP contribution in [0.4, 0.5) is 15.8 Å². The van der Waals surface area contributed by atoms with E-state index in [0.29, 0.717) is 29.5 Å².